The van der Waals surface area contributed by atoms with E-state index in [9.17, 15) is 4.79 Å². The van der Waals surface area contributed by atoms with Gasteiger partial charge in [0.25, 0.3) is 0 Å². The Morgan fingerprint density at radius 1 is 1.43 bits per heavy atom. The van der Waals surface area contributed by atoms with Gasteiger partial charge in [0.2, 0.25) is 5.89 Å². The second-order valence-corrected chi connectivity index (χ2v) is 6.23. The number of hydrogen-bond acceptors (Lipinski definition) is 6. The van der Waals surface area contributed by atoms with Crippen molar-refractivity contribution in [2.45, 2.75) is 30.4 Å². The molecule has 0 fully saturated rings. The molecule has 0 aliphatic rings. The van der Waals surface area contributed by atoms with Crippen molar-refractivity contribution in [1.29, 1.82) is 0 Å². The van der Waals surface area contributed by atoms with E-state index in [4.69, 9.17) is 9.26 Å². The lowest BCUT2D eigenvalue weighted by molar-refractivity contribution is -0.145. The highest BCUT2D eigenvalue weighted by molar-refractivity contribution is 9.10. The quantitative estimate of drug-likeness (QED) is 0.569. The fourth-order valence-corrected chi connectivity index (χ4v) is 2.55. The Bertz CT molecular complexity index is 601. The first-order valence-corrected chi connectivity index (χ1v) is 8.25. The van der Waals surface area contributed by atoms with Crippen molar-refractivity contribution in [2.24, 2.45) is 0 Å². The van der Waals surface area contributed by atoms with Crippen LogP contribution < -0.4 is 0 Å². The molecule has 0 amide bonds. The summed E-state index contributed by atoms with van der Waals surface area (Å²) in [6.07, 6.45) is 0. The maximum Gasteiger partial charge on any atom is 0.318 e. The van der Waals surface area contributed by atoms with Crippen molar-refractivity contribution in [1.82, 2.24) is 10.1 Å². The molecule has 0 radical (unpaired) electrons. The summed E-state index contributed by atoms with van der Waals surface area (Å²) in [5.41, 5.74) is 0. The van der Waals surface area contributed by atoms with Gasteiger partial charge in [-0.05, 0) is 38.1 Å². The number of benzene rings is 1. The zero-order chi connectivity index (χ0) is 15.2. The highest BCUT2D eigenvalue weighted by Gasteiger charge is 2.22. The number of esters is 1. The number of carbonyl (C=O) groups excluding carboxylic acids is 1. The van der Waals surface area contributed by atoms with Crippen molar-refractivity contribution in [3.63, 3.8) is 0 Å². The fraction of sp³-hybridized carbons (Fsp3) is 0.357. The van der Waals surface area contributed by atoms with E-state index in [1.165, 1.54) is 0 Å². The Morgan fingerprint density at radius 3 is 2.81 bits per heavy atom. The summed E-state index contributed by atoms with van der Waals surface area (Å²) < 4.78 is 11.1. The molecule has 7 heteroatoms. The number of aromatic nitrogens is 2. The van der Waals surface area contributed by atoms with E-state index < -0.39 is 5.92 Å². The molecule has 1 atom stereocenters. The second kappa shape index (κ2) is 7.61. The summed E-state index contributed by atoms with van der Waals surface area (Å²) >= 11 is 5.00. The smallest absolute Gasteiger partial charge is 0.318 e. The molecule has 2 aromatic rings. The van der Waals surface area contributed by atoms with Gasteiger partial charge in [0.05, 0.1) is 12.4 Å². The van der Waals surface area contributed by atoms with E-state index in [0.29, 0.717) is 24.1 Å². The average Bonchev–Trinajstić information content (AvgIpc) is 2.95. The normalized spacial score (nSPS) is 12.1. The number of halogens is 1. The predicted octanol–water partition coefficient (Wildman–Crippen LogP) is 3.79. The molecular weight excluding hydrogens is 356 g/mol. The van der Waals surface area contributed by atoms with Gasteiger partial charge in [-0.3, -0.25) is 4.79 Å². The van der Waals surface area contributed by atoms with Gasteiger partial charge < -0.3 is 9.26 Å². The van der Waals surface area contributed by atoms with Crippen LogP contribution in [0.15, 0.2) is 38.2 Å². The minimum absolute atomic E-state index is 0.292. The first kappa shape index (κ1) is 16.0. The van der Waals surface area contributed by atoms with Gasteiger partial charge in [-0.25, -0.2) is 0 Å². The molecule has 2 rings (SSSR count). The minimum Gasteiger partial charge on any atom is -0.465 e. The van der Waals surface area contributed by atoms with Gasteiger partial charge >= 0.3 is 5.97 Å². The predicted molar refractivity (Wildman–Crippen MR) is 83.0 cm³/mol. The van der Waals surface area contributed by atoms with Crippen molar-refractivity contribution in [2.75, 3.05) is 6.61 Å². The molecule has 0 aliphatic carbocycles. The van der Waals surface area contributed by atoms with Crippen molar-refractivity contribution < 1.29 is 14.1 Å². The van der Waals surface area contributed by atoms with Gasteiger partial charge in [0.1, 0.15) is 5.92 Å². The van der Waals surface area contributed by atoms with Crippen molar-refractivity contribution >= 4 is 33.7 Å². The standard InChI is InChI=1S/C14H15BrN2O3S/c1-3-19-14(18)9(2)13-16-12(17-20-13)8-21-11-6-4-10(15)5-7-11/h4-7,9H,3,8H2,1-2H3. The van der Waals surface area contributed by atoms with Crippen LogP contribution in [-0.4, -0.2) is 22.7 Å². The maximum absolute atomic E-state index is 11.6. The van der Waals surface area contributed by atoms with Crippen LogP contribution in [-0.2, 0) is 15.3 Å². The molecule has 21 heavy (non-hydrogen) atoms. The lowest BCUT2D eigenvalue weighted by Crippen LogP contribution is -2.13. The van der Waals surface area contributed by atoms with E-state index in [0.717, 1.165) is 9.37 Å². The van der Waals surface area contributed by atoms with Gasteiger partial charge in [-0.1, -0.05) is 21.1 Å². The molecule has 5 nitrogen and oxygen atoms in total. The third-order valence-electron chi connectivity index (χ3n) is 2.68. The molecule has 112 valence electrons. The van der Waals surface area contributed by atoms with E-state index in [-0.39, 0.29) is 5.97 Å². The number of hydrogen-bond donors (Lipinski definition) is 0. The van der Waals surface area contributed by atoms with Crippen LogP contribution in [0, 0.1) is 0 Å². The minimum atomic E-state index is -0.538. The van der Waals surface area contributed by atoms with Crippen LogP contribution >= 0.6 is 27.7 Å². The summed E-state index contributed by atoms with van der Waals surface area (Å²) in [5.74, 6) is 0.548. The SMILES string of the molecule is CCOC(=O)C(C)c1nc(CSc2ccc(Br)cc2)no1. The largest absolute Gasteiger partial charge is 0.465 e. The topological polar surface area (TPSA) is 65.2 Å². The molecular formula is C14H15BrN2O3S. The van der Waals surface area contributed by atoms with Crippen LogP contribution in [0.25, 0.3) is 0 Å². The fourth-order valence-electron chi connectivity index (χ4n) is 1.55. The summed E-state index contributed by atoms with van der Waals surface area (Å²) in [5, 5.41) is 3.89. The van der Waals surface area contributed by atoms with E-state index in [2.05, 4.69) is 26.1 Å². The van der Waals surface area contributed by atoms with Gasteiger partial charge in [0, 0.05) is 9.37 Å². The van der Waals surface area contributed by atoms with Crippen LogP contribution in [0.5, 0.6) is 0 Å². The van der Waals surface area contributed by atoms with Crippen LogP contribution in [0.4, 0.5) is 0 Å². The first-order chi connectivity index (χ1) is 10.1. The Balaban J connectivity index is 1.93. The molecule has 0 saturated carbocycles. The van der Waals surface area contributed by atoms with E-state index in [1.54, 1.807) is 25.6 Å². The molecule has 0 saturated heterocycles. The maximum atomic E-state index is 11.6. The molecule has 1 aromatic carbocycles. The zero-order valence-corrected chi connectivity index (χ0v) is 14.1. The summed E-state index contributed by atoms with van der Waals surface area (Å²) in [6, 6.07) is 7.98. The Labute approximate surface area is 135 Å². The van der Waals surface area contributed by atoms with Gasteiger partial charge in [-0.15, -0.1) is 11.8 Å². The van der Waals surface area contributed by atoms with Crippen molar-refractivity contribution in [3.8, 4) is 0 Å². The summed E-state index contributed by atoms with van der Waals surface area (Å²) in [7, 11) is 0. The molecule has 0 spiro atoms. The summed E-state index contributed by atoms with van der Waals surface area (Å²) in [4.78, 5) is 17.0. The summed E-state index contributed by atoms with van der Waals surface area (Å²) in [6.45, 7) is 3.79. The highest BCUT2D eigenvalue weighted by atomic mass is 79.9. The Kier molecular flexibility index (Phi) is 5.81. The highest BCUT2D eigenvalue weighted by Crippen LogP contribution is 2.24. The number of nitrogens with zero attached hydrogens (tertiary/aromatic N) is 2. The van der Waals surface area contributed by atoms with E-state index >= 15 is 0 Å². The molecule has 0 bridgehead atoms. The van der Waals surface area contributed by atoms with Gasteiger partial charge in [0.15, 0.2) is 5.82 Å². The van der Waals surface area contributed by atoms with Crippen LogP contribution in [0.3, 0.4) is 0 Å². The van der Waals surface area contributed by atoms with Crippen molar-refractivity contribution in [3.05, 3.63) is 40.5 Å². The first-order valence-electron chi connectivity index (χ1n) is 6.47. The molecule has 0 aliphatic heterocycles. The van der Waals surface area contributed by atoms with Crippen LogP contribution in [0.2, 0.25) is 0 Å². The van der Waals surface area contributed by atoms with Gasteiger partial charge in [-0.2, -0.15) is 4.98 Å². The number of rotatable bonds is 6. The van der Waals surface area contributed by atoms with Crippen LogP contribution in [0.1, 0.15) is 31.5 Å². The third-order valence-corrected chi connectivity index (χ3v) is 4.21. The number of carbonyl (C=O) groups is 1. The second-order valence-electron chi connectivity index (χ2n) is 4.27. The number of ether oxygens (including phenoxy) is 1. The average molecular weight is 371 g/mol. The Morgan fingerprint density at radius 2 is 2.14 bits per heavy atom. The Hall–Kier alpha value is -1.34. The third kappa shape index (κ3) is 4.57. The lowest BCUT2D eigenvalue weighted by atomic mass is 10.2. The lowest BCUT2D eigenvalue weighted by Gasteiger charge is -2.04. The number of thioether (sulfide) groups is 1. The molecule has 1 aromatic heterocycles. The molecule has 0 N–H and O–H groups in total. The molecule has 1 unspecified atom stereocenters. The monoisotopic (exact) mass is 370 g/mol. The molecule has 1 heterocycles. The van der Waals surface area contributed by atoms with E-state index in [1.807, 2.05) is 24.3 Å². The zero-order valence-electron chi connectivity index (χ0n) is 11.7.